The van der Waals surface area contributed by atoms with E-state index in [4.69, 9.17) is 0 Å². The minimum atomic E-state index is -1.66. The minimum absolute atomic E-state index is 0. The summed E-state index contributed by atoms with van der Waals surface area (Å²) < 4.78 is 0. The van der Waals surface area contributed by atoms with E-state index in [1.807, 2.05) is 0 Å². The molecule has 102 valence electrons. The zero-order valence-electron chi connectivity index (χ0n) is 10.8. The van der Waals surface area contributed by atoms with E-state index in [9.17, 15) is 19.8 Å². The molecule has 1 fully saturated rings. The molecule has 2 N–H and O–H groups in total. The van der Waals surface area contributed by atoms with Gasteiger partial charge in [0.05, 0.1) is 0 Å². The molecular formula is C13H24KNaO4. The van der Waals surface area contributed by atoms with E-state index in [-0.39, 0.29) is 86.9 Å². The molecule has 0 radical (unpaired) electrons. The van der Waals surface area contributed by atoms with Gasteiger partial charge in [-0.05, 0) is 24.2 Å². The fourth-order valence-corrected chi connectivity index (χ4v) is 3.23. The third-order valence-corrected chi connectivity index (χ3v) is 4.08. The summed E-state index contributed by atoms with van der Waals surface area (Å²) in [4.78, 5) is 23.3. The standard InChI is InChI=1S/C13H22O4.K.Na.2H/c1-12(2,3)13(10(14)15,11(16)17)9-7-5-4-6-8-9;;;;/h9H,4-8H2,1-3H3,(H,14,15)(H,16,17);;;;. The van der Waals surface area contributed by atoms with E-state index in [1.165, 1.54) is 0 Å². The molecule has 0 bridgehead atoms. The summed E-state index contributed by atoms with van der Waals surface area (Å²) in [6.07, 6.45) is 4.35. The van der Waals surface area contributed by atoms with Crippen LogP contribution in [0.1, 0.15) is 52.9 Å². The second-order valence-electron chi connectivity index (χ2n) is 6.00. The van der Waals surface area contributed by atoms with Crippen molar-refractivity contribution in [3.05, 3.63) is 0 Å². The van der Waals surface area contributed by atoms with Gasteiger partial charge in [0.1, 0.15) is 0 Å². The molecule has 0 aromatic rings. The van der Waals surface area contributed by atoms with Gasteiger partial charge in [0.2, 0.25) is 0 Å². The number of carboxylic acid groups (broad SMARTS) is 2. The Labute approximate surface area is 179 Å². The molecule has 1 aliphatic rings. The van der Waals surface area contributed by atoms with E-state index in [0.717, 1.165) is 19.3 Å². The van der Waals surface area contributed by atoms with Gasteiger partial charge in [-0.2, -0.15) is 0 Å². The maximum absolute atomic E-state index is 11.6. The average molecular weight is 306 g/mol. The summed E-state index contributed by atoms with van der Waals surface area (Å²) in [6, 6.07) is 0. The van der Waals surface area contributed by atoms with Crippen LogP contribution >= 0.6 is 0 Å². The Balaban J connectivity index is 0. The molecule has 6 heteroatoms. The molecule has 0 saturated heterocycles. The number of rotatable bonds is 3. The molecule has 0 spiro atoms. The number of aliphatic carboxylic acids is 2. The first-order valence-corrected chi connectivity index (χ1v) is 6.21. The van der Waals surface area contributed by atoms with Gasteiger partial charge in [-0.3, -0.25) is 9.59 Å². The van der Waals surface area contributed by atoms with Gasteiger partial charge in [-0.1, -0.05) is 40.0 Å². The van der Waals surface area contributed by atoms with E-state index in [0.29, 0.717) is 12.8 Å². The van der Waals surface area contributed by atoms with Crippen LogP contribution in [0.5, 0.6) is 0 Å². The van der Waals surface area contributed by atoms with E-state index >= 15 is 0 Å². The molecule has 1 aliphatic carbocycles. The Morgan fingerprint density at radius 3 is 1.58 bits per heavy atom. The fourth-order valence-electron chi connectivity index (χ4n) is 3.23. The van der Waals surface area contributed by atoms with Gasteiger partial charge < -0.3 is 10.2 Å². The first-order valence-electron chi connectivity index (χ1n) is 6.21. The quantitative estimate of drug-likeness (QED) is 0.612. The second-order valence-corrected chi connectivity index (χ2v) is 6.00. The van der Waals surface area contributed by atoms with Crippen molar-refractivity contribution in [2.24, 2.45) is 16.7 Å². The van der Waals surface area contributed by atoms with Crippen LogP contribution in [0.25, 0.3) is 0 Å². The topological polar surface area (TPSA) is 74.6 Å². The summed E-state index contributed by atoms with van der Waals surface area (Å²) in [5, 5.41) is 19.0. The summed E-state index contributed by atoms with van der Waals surface area (Å²) in [5.41, 5.74) is -2.44. The Hall–Kier alpha value is 1.58. The molecule has 19 heavy (non-hydrogen) atoms. The van der Waals surface area contributed by atoms with Crippen LogP contribution in [0.15, 0.2) is 0 Å². The van der Waals surface area contributed by atoms with Crippen LogP contribution in [0.4, 0.5) is 0 Å². The molecule has 0 atom stereocenters. The molecule has 0 amide bonds. The van der Waals surface area contributed by atoms with Gasteiger partial charge in [0.25, 0.3) is 0 Å². The number of carboxylic acids is 2. The Morgan fingerprint density at radius 1 is 0.947 bits per heavy atom. The number of hydrogen-bond acceptors (Lipinski definition) is 2. The molecule has 0 aromatic carbocycles. The van der Waals surface area contributed by atoms with Crippen LogP contribution in [-0.2, 0) is 9.59 Å². The molecule has 4 nitrogen and oxygen atoms in total. The molecule has 0 aromatic heterocycles. The number of hydrogen-bond donors (Lipinski definition) is 2. The van der Waals surface area contributed by atoms with Crippen LogP contribution < -0.4 is 0 Å². The van der Waals surface area contributed by atoms with Crippen molar-refractivity contribution in [3.63, 3.8) is 0 Å². The van der Waals surface area contributed by atoms with Crippen LogP contribution in [0, 0.1) is 16.7 Å². The fraction of sp³-hybridized carbons (Fsp3) is 0.846. The van der Waals surface area contributed by atoms with Gasteiger partial charge in [-0.15, -0.1) is 0 Å². The summed E-state index contributed by atoms with van der Waals surface area (Å²) in [6.45, 7) is 5.14. The van der Waals surface area contributed by atoms with Crippen LogP contribution in [0.2, 0.25) is 0 Å². The van der Waals surface area contributed by atoms with Crippen molar-refractivity contribution in [1.29, 1.82) is 0 Å². The molecule has 0 heterocycles. The first-order chi connectivity index (χ1) is 7.74. The Kier molecular flexibility index (Phi) is 10.7. The molecule has 0 unspecified atom stereocenters. The SMILES string of the molecule is CC(C)(C)C(C(=O)O)(C(=O)O)C1CCCCC1.[KH].[NaH]. The molecule has 1 rings (SSSR count). The zero-order chi connectivity index (χ0) is 13.3. The summed E-state index contributed by atoms with van der Waals surface area (Å²) in [5.74, 6) is -2.64. The average Bonchev–Trinajstić information content (AvgIpc) is 2.16. The Bertz CT molecular complexity index is 305. The zero-order valence-corrected chi connectivity index (χ0v) is 10.8. The third kappa shape index (κ3) is 4.52. The van der Waals surface area contributed by atoms with Crippen LogP contribution in [-0.4, -0.2) is 103 Å². The maximum atomic E-state index is 11.6. The van der Waals surface area contributed by atoms with Crippen molar-refractivity contribution in [2.75, 3.05) is 0 Å². The second kappa shape index (κ2) is 8.88. The normalized spacial score (nSPS) is 17.0. The predicted octanol–water partition coefficient (Wildman–Crippen LogP) is 1.47. The van der Waals surface area contributed by atoms with Crippen molar-refractivity contribution in [2.45, 2.75) is 52.9 Å². The van der Waals surface area contributed by atoms with Gasteiger partial charge in [0.15, 0.2) is 5.41 Å². The molecular weight excluding hydrogens is 282 g/mol. The van der Waals surface area contributed by atoms with Gasteiger partial charge >= 0.3 is 92.9 Å². The molecule has 1 saturated carbocycles. The van der Waals surface area contributed by atoms with Crippen molar-refractivity contribution < 1.29 is 19.8 Å². The van der Waals surface area contributed by atoms with Crippen molar-refractivity contribution >= 4 is 92.9 Å². The molecule has 0 aliphatic heterocycles. The summed E-state index contributed by atoms with van der Waals surface area (Å²) in [7, 11) is 0. The predicted molar refractivity (Wildman–Crippen MR) is 78.0 cm³/mol. The van der Waals surface area contributed by atoms with Crippen molar-refractivity contribution in [3.8, 4) is 0 Å². The van der Waals surface area contributed by atoms with Gasteiger partial charge in [-0.25, -0.2) is 0 Å². The van der Waals surface area contributed by atoms with E-state index in [2.05, 4.69) is 0 Å². The Morgan fingerprint density at radius 2 is 1.32 bits per heavy atom. The number of carbonyl (C=O) groups is 2. The summed E-state index contributed by atoms with van der Waals surface area (Å²) >= 11 is 0. The van der Waals surface area contributed by atoms with E-state index in [1.54, 1.807) is 20.8 Å². The third-order valence-electron chi connectivity index (χ3n) is 4.08. The monoisotopic (exact) mass is 306 g/mol. The van der Waals surface area contributed by atoms with Gasteiger partial charge in [0, 0.05) is 0 Å². The first kappa shape index (κ1) is 22.9. The van der Waals surface area contributed by atoms with Crippen LogP contribution in [0.3, 0.4) is 0 Å². The van der Waals surface area contributed by atoms with Crippen molar-refractivity contribution in [1.82, 2.24) is 0 Å². The van der Waals surface area contributed by atoms with E-state index < -0.39 is 22.8 Å².